The molecule has 2 rings (SSSR count). The van der Waals surface area contributed by atoms with Crippen molar-refractivity contribution in [2.45, 2.75) is 6.61 Å². The number of hydrogen-bond donors (Lipinski definition) is 3. The van der Waals surface area contributed by atoms with E-state index in [1.54, 1.807) is 36.4 Å². The van der Waals surface area contributed by atoms with Crippen molar-refractivity contribution in [3.63, 3.8) is 0 Å². The molecule has 0 atom stereocenters. The third-order valence-corrected chi connectivity index (χ3v) is 2.94. The van der Waals surface area contributed by atoms with E-state index in [4.69, 9.17) is 21.9 Å². The lowest BCUT2D eigenvalue weighted by molar-refractivity contribution is 0.0985. The van der Waals surface area contributed by atoms with Gasteiger partial charge in [-0.05, 0) is 24.3 Å². The van der Waals surface area contributed by atoms with Crippen molar-refractivity contribution in [2.75, 3.05) is 5.73 Å². The number of amides is 2. The summed E-state index contributed by atoms with van der Waals surface area (Å²) in [5, 5.41) is 0. The molecule has 2 aromatic carbocycles. The van der Waals surface area contributed by atoms with Gasteiger partial charge in [-0.25, -0.2) is 0 Å². The fourth-order valence-electron chi connectivity index (χ4n) is 1.91. The van der Waals surface area contributed by atoms with Crippen LogP contribution >= 0.6 is 0 Å². The van der Waals surface area contributed by atoms with Crippen LogP contribution in [0.15, 0.2) is 42.5 Å². The van der Waals surface area contributed by atoms with Crippen LogP contribution in [0.25, 0.3) is 0 Å². The topological polar surface area (TPSA) is 121 Å². The summed E-state index contributed by atoms with van der Waals surface area (Å²) in [6.07, 6.45) is 0. The second kappa shape index (κ2) is 5.96. The molecule has 0 unspecified atom stereocenters. The Kier molecular flexibility index (Phi) is 4.08. The minimum absolute atomic E-state index is 0.0866. The molecule has 0 aliphatic rings. The highest BCUT2D eigenvalue weighted by Crippen LogP contribution is 2.22. The molecular weight excluding hydrogens is 270 g/mol. The summed E-state index contributed by atoms with van der Waals surface area (Å²) < 4.78 is 5.57. The van der Waals surface area contributed by atoms with Crippen molar-refractivity contribution in [1.29, 1.82) is 0 Å². The van der Waals surface area contributed by atoms with Crippen LogP contribution in [0.5, 0.6) is 5.75 Å². The van der Waals surface area contributed by atoms with Gasteiger partial charge in [0.1, 0.15) is 12.4 Å². The number of anilines is 1. The summed E-state index contributed by atoms with van der Waals surface area (Å²) in [5.41, 5.74) is 17.8. The van der Waals surface area contributed by atoms with E-state index >= 15 is 0 Å². The predicted octanol–water partition coefficient (Wildman–Crippen LogP) is 1.05. The largest absolute Gasteiger partial charge is 0.488 e. The second-order valence-corrected chi connectivity index (χ2v) is 4.43. The molecule has 0 saturated heterocycles. The number of benzene rings is 2. The Bertz CT molecular complexity index is 698. The van der Waals surface area contributed by atoms with Crippen LogP contribution in [0.1, 0.15) is 26.3 Å². The Labute approximate surface area is 121 Å². The zero-order valence-corrected chi connectivity index (χ0v) is 11.2. The second-order valence-electron chi connectivity index (χ2n) is 4.43. The molecule has 0 radical (unpaired) electrons. The van der Waals surface area contributed by atoms with Gasteiger partial charge in [-0.15, -0.1) is 0 Å². The fourth-order valence-corrected chi connectivity index (χ4v) is 1.91. The van der Waals surface area contributed by atoms with Gasteiger partial charge in [0, 0.05) is 16.8 Å². The highest BCUT2D eigenvalue weighted by atomic mass is 16.5. The third-order valence-electron chi connectivity index (χ3n) is 2.94. The Morgan fingerprint density at radius 3 is 2.29 bits per heavy atom. The first kappa shape index (κ1) is 14.4. The molecule has 2 amide bonds. The van der Waals surface area contributed by atoms with Crippen molar-refractivity contribution in [2.24, 2.45) is 11.5 Å². The van der Waals surface area contributed by atoms with Gasteiger partial charge in [0.15, 0.2) is 0 Å². The standard InChI is InChI=1S/C15H15N3O3/c16-10-5-6-13(12(7-10)15(18)20)21-8-9-3-1-2-4-11(9)14(17)19/h1-7H,8,16H2,(H2,17,19)(H2,18,20). The lowest BCUT2D eigenvalue weighted by Crippen LogP contribution is -2.16. The monoisotopic (exact) mass is 285 g/mol. The molecule has 6 heteroatoms. The van der Waals surface area contributed by atoms with Gasteiger partial charge in [0.25, 0.3) is 5.91 Å². The molecular formula is C15H15N3O3. The van der Waals surface area contributed by atoms with Crippen LogP contribution < -0.4 is 21.9 Å². The summed E-state index contributed by atoms with van der Waals surface area (Å²) in [4.78, 5) is 22.7. The molecule has 0 heterocycles. The minimum Gasteiger partial charge on any atom is -0.488 e. The van der Waals surface area contributed by atoms with Crippen LogP contribution in [-0.4, -0.2) is 11.8 Å². The number of carbonyl (C=O) groups excluding carboxylic acids is 2. The van der Waals surface area contributed by atoms with Crippen molar-refractivity contribution in [3.8, 4) is 5.75 Å². The van der Waals surface area contributed by atoms with Crippen molar-refractivity contribution < 1.29 is 14.3 Å². The zero-order chi connectivity index (χ0) is 15.4. The molecule has 0 aliphatic heterocycles. The van der Waals surface area contributed by atoms with Crippen molar-refractivity contribution in [1.82, 2.24) is 0 Å². The van der Waals surface area contributed by atoms with Gasteiger partial charge >= 0.3 is 0 Å². The quantitative estimate of drug-likeness (QED) is 0.710. The van der Waals surface area contributed by atoms with Gasteiger partial charge in [0.2, 0.25) is 5.91 Å². The van der Waals surface area contributed by atoms with Gasteiger partial charge in [0.05, 0.1) is 5.56 Å². The minimum atomic E-state index is -0.638. The van der Waals surface area contributed by atoms with Gasteiger partial charge in [-0.2, -0.15) is 0 Å². The lowest BCUT2D eigenvalue weighted by atomic mass is 10.1. The first-order valence-electron chi connectivity index (χ1n) is 6.19. The molecule has 0 spiro atoms. The Hall–Kier alpha value is -3.02. The number of primary amides is 2. The molecule has 0 saturated carbocycles. The predicted molar refractivity (Wildman–Crippen MR) is 78.7 cm³/mol. The summed E-state index contributed by atoms with van der Waals surface area (Å²) in [7, 11) is 0. The molecule has 0 aromatic heterocycles. The number of carbonyl (C=O) groups is 2. The van der Waals surface area contributed by atoms with Crippen molar-refractivity contribution >= 4 is 17.5 Å². The average Bonchev–Trinajstić information content (AvgIpc) is 2.46. The Balaban J connectivity index is 2.25. The van der Waals surface area contributed by atoms with E-state index in [1.807, 2.05) is 0 Å². The van der Waals surface area contributed by atoms with Gasteiger partial charge < -0.3 is 21.9 Å². The molecule has 21 heavy (non-hydrogen) atoms. The summed E-state index contributed by atoms with van der Waals surface area (Å²) in [5.74, 6) is -0.877. The van der Waals surface area contributed by atoms with Crippen LogP contribution in [0.2, 0.25) is 0 Å². The van der Waals surface area contributed by atoms with E-state index in [2.05, 4.69) is 0 Å². The highest BCUT2D eigenvalue weighted by Gasteiger charge is 2.12. The molecule has 6 nitrogen and oxygen atoms in total. The van der Waals surface area contributed by atoms with E-state index in [0.29, 0.717) is 22.6 Å². The Morgan fingerprint density at radius 1 is 0.952 bits per heavy atom. The molecule has 108 valence electrons. The van der Waals surface area contributed by atoms with E-state index in [-0.39, 0.29) is 12.2 Å². The molecule has 0 fully saturated rings. The van der Waals surface area contributed by atoms with E-state index in [9.17, 15) is 9.59 Å². The van der Waals surface area contributed by atoms with Crippen LogP contribution in [0, 0.1) is 0 Å². The molecule has 2 aromatic rings. The number of nitrogens with two attached hydrogens (primary N) is 3. The first-order valence-corrected chi connectivity index (χ1v) is 6.19. The molecule has 6 N–H and O–H groups in total. The van der Waals surface area contributed by atoms with Crippen molar-refractivity contribution in [3.05, 3.63) is 59.2 Å². The summed E-state index contributed by atoms with van der Waals surface area (Å²) in [6.45, 7) is 0.0866. The maximum Gasteiger partial charge on any atom is 0.252 e. The average molecular weight is 285 g/mol. The summed E-state index contributed by atoms with van der Waals surface area (Å²) >= 11 is 0. The van der Waals surface area contributed by atoms with E-state index < -0.39 is 11.8 Å². The SMILES string of the molecule is NC(=O)c1ccccc1COc1ccc(N)cc1C(N)=O. The highest BCUT2D eigenvalue weighted by molar-refractivity contribution is 5.96. The Morgan fingerprint density at radius 2 is 1.62 bits per heavy atom. The number of nitrogen functional groups attached to an aromatic ring is 1. The molecule has 0 bridgehead atoms. The van der Waals surface area contributed by atoms with Gasteiger partial charge in [-0.1, -0.05) is 18.2 Å². The number of ether oxygens (including phenoxy) is 1. The normalized spacial score (nSPS) is 10.1. The summed E-state index contributed by atoms with van der Waals surface area (Å²) in [6, 6.07) is 11.4. The number of hydrogen-bond acceptors (Lipinski definition) is 4. The third kappa shape index (κ3) is 3.30. The van der Waals surface area contributed by atoms with Crippen LogP contribution in [0.3, 0.4) is 0 Å². The fraction of sp³-hybridized carbons (Fsp3) is 0.0667. The lowest BCUT2D eigenvalue weighted by Gasteiger charge is -2.12. The van der Waals surface area contributed by atoms with E-state index in [1.165, 1.54) is 6.07 Å². The first-order chi connectivity index (χ1) is 9.99. The smallest absolute Gasteiger partial charge is 0.252 e. The zero-order valence-electron chi connectivity index (χ0n) is 11.2. The number of rotatable bonds is 5. The van der Waals surface area contributed by atoms with E-state index in [0.717, 1.165) is 0 Å². The van der Waals surface area contributed by atoms with Gasteiger partial charge in [-0.3, -0.25) is 9.59 Å². The molecule has 0 aliphatic carbocycles. The van der Waals surface area contributed by atoms with Crippen LogP contribution in [-0.2, 0) is 6.61 Å². The maximum absolute atomic E-state index is 11.4. The van der Waals surface area contributed by atoms with Crippen LogP contribution in [0.4, 0.5) is 5.69 Å². The maximum atomic E-state index is 11.4.